The Morgan fingerprint density at radius 1 is 0.444 bits per heavy atom. The predicted molar refractivity (Wildman–Crippen MR) is 46.3 cm³/mol. The van der Waals surface area contributed by atoms with E-state index in [4.69, 9.17) is 0 Å². The van der Waals surface area contributed by atoms with Gasteiger partial charge >= 0.3 is 0 Å². The van der Waals surface area contributed by atoms with Crippen molar-refractivity contribution in [1.29, 1.82) is 0 Å². The zero-order valence-electron chi connectivity index (χ0n) is 8.49. The molecule has 0 aliphatic rings. The first kappa shape index (κ1) is 14.7. The highest BCUT2D eigenvalue weighted by Crippen LogP contribution is 2.38. The maximum Gasteiger partial charge on any atom is 0.264 e. The van der Waals surface area contributed by atoms with Gasteiger partial charge in [0.2, 0.25) is 0 Å². The molecule has 0 unspecified atom stereocenters. The minimum absolute atomic E-state index is 0.0122. The molecule has 0 aliphatic heterocycles. The number of benzene rings is 1. The smallest absolute Gasteiger partial charge is 0.205 e. The Morgan fingerprint density at radius 3 is 0.722 bits per heavy atom. The molecule has 0 aromatic heterocycles. The van der Waals surface area contributed by atoms with Crippen LogP contribution in [0.5, 0.6) is 0 Å². The minimum Gasteiger partial charge on any atom is -0.205 e. The largest absolute Gasteiger partial charge is 0.264 e. The fraction of sp³-hybridized carbons (Fsp3) is 0.400. The van der Waals surface area contributed by atoms with Gasteiger partial charge in [0.05, 0.1) is 0 Å². The number of hydrogen-bond acceptors (Lipinski definition) is 0. The molecule has 102 valence electrons. The van der Waals surface area contributed by atoms with Crippen LogP contribution in [-0.4, -0.2) is 0 Å². The molecule has 1 aromatic carbocycles. The third kappa shape index (κ3) is 2.91. The molecular weight excluding hydrogens is 272 g/mol. The van der Waals surface area contributed by atoms with Crippen molar-refractivity contribution < 1.29 is 35.1 Å². The van der Waals surface area contributed by atoms with Gasteiger partial charge in [-0.25, -0.2) is 35.1 Å². The molecule has 0 atom stereocenters. The summed E-state index contributed by atoms with van der Waals surface area (Å²) in [5.74, 6) is 0. The maximum absolute atomic E-state index is 12.4. The molecule has 18 heavy (non-hydrogen) atoms. The van der Waals surface area contributed by atoms with Crippen molar-refractivity contribution in [3.63, 3.8) is 0 Å². The third-order valence-corrected chi connectivity index (χ3v) is 2.23. The second-order valence-electron chi connectivity index (χ2n) is 3.31. The average molecular weight is 278 g/mol. The normalized spacial score (nSPS) is 12.2. The van der Waals surface area contributed by atoms with Gasteiger partial charge < -0.3 is 0 Å². The highest BCUT2D eigenvalue weighted by molar-refractivity contribution is 5.41. The monoisotopic (exact) mass is 278 g/mol. The molecule has 0 spiro atoms. The lowest BCUT2D eigenvalue weighted by Crippen LogP contribution is -2.03. The standard InChI is InChI=1S/C10H6F8/c11-7(12)3-1-4(8(13)14)6(10(17)18)2-5(3)9(15)16/h1-2,7-10H. The molecule has 1 aromatic rings. The minimum atomic E-state index is -3.45. The van der Waals surface area contributed by atoms with Crippen LogP contribution in [0.1, 0.15) is 48.0 Å². The Hall–Kier alpha value is -1.34. The molecule has 8 heteroatoms. The Morgan fingerprint density at radius 2 is 0.611 bits per heavy atom. The van der Waals surface area contributed by atoms with Gasteiger partial charge in [0.25, 0.3) is 25.7 Å². The van der Waals surface area contributed by atoms with Crippen LogP contribution in [0.3, 0.4) is 0 Å². The first-order valence-corrected chi connectivity index (χ1v) is 4.56. The fourth-order valence-electron chi connectivity index (χ4n) is 1.42. The van der Waals surface area contributed by atoms with Crippen molar-refractivity contribution >= 4 is 0 Å². The van der Waals surface area contributed by atoms with Crippen molar-refractivity contribution in [3.8, 4) is 0 Å². The molecule has 0 saturated carbocycles. The van der Waals surface area contributed by atoms with Crippen LogP contribution in [0, 0.1) is 0 Å². The van der Waals surface area contributed by atoms with E-state index in [0.717, 1.165) is 0 Å². The molecule has 0 N–H and O–H groups in total. The van der Waals surface area contributed by atoms with E-state index in [-0.39, 0.29) is 12.1 Å². The maximum atomic E-state index is 12.4. The number of halogens is 8. The molecule has 0 heterocycles. The first-order chi connectivity index (χ1) is 8.25. The second kappa shape index (κ2) is 5.53. The molecule has 0 amide bonds. The van der Waals surface area contributed by atoms with E-state index < -0.39 is 48.0 Å². The average Bonchev–Trinajstić information content (AvgIpc) is 2.26. The van der Waals surface area contributed by atoms with Crippen molar-refractivity contribution in [3.05, 3.63) is 34.4 Å². The lowest BCUT2D eigenvalue weighted by atomic mass is 9.98. The van der Waals surface area contributed by atoms with E-state index in [1.54, 1.807) is 0 Å². The summed E-state index contributed by atoms with van der Waals surface area (Å²) in [7, 11) is 0. The van der Waals surface area contributed by atoms with Gasteiger partial charge in [-0.05, 0) is 12.1 Å². The molecular formula is C10H6F8. The summed E-state index contributed by atoms with van der Waals surface area (Å²) in [5, 5.41) is 0. The van der Waals surface area contributed by atoms with Crippen LogP contribution in [-0.2, 0) is 0 Å². The van der Waals surface area contributed by atoms with Crippen LogP contribution in [0.4, 0.5) is 35.1 Å². The predicted octanol–water partition coefficient (Wildman–Crippen LogP) is 5.44. The molecule has 0 radical (unpaired) electrons. The lowest BCUT2D eigenvalue weighted by Gasteiger charge is -2.15. The quantitative estimate of drug-likeness (QED) is 0.643. The summed E-state index contributed by atoms with van der Waals surface area (Å²) >= 11 is 0. The van der Waals surface area contributed by atoms with Crippen LogP contribution >= 0.6 is 0 Å². The van der Waals surface area contributed by atoms with E-state index in [2.05, 4.69) is 0 Å². The van der Waals surface area contributed by atoms with Gasteiger partial charge in [-0.2, -0.15) is 0 Å². The first-order valence-electron chi connectivity index (χ1n) is 4.56. The fourth-order valence-corrected chi connectivity index (χ4v) is 1.42. The number of rotatable bonds is 4. The lowest BCUT2D eigenvalue weighted by molar-refractivity contribution is 0.113. The van der Waals surface area contributed by atoms with Gasteiger partial charge in [0, 0.05) is 22.3 Å². The molecule has 0 aliphatic carbocycles. The third-order valence-electron chi connectivity index (χ3n) is 2.23. The van der Waals surface area contributed by atoms with Crippen LogP contribution < -0.4 is 0 Å². The van der Waals surface area contributed by atoms with Gasteiger partial charge in [-0.15, -0.1) is 0 Å². The van der Waals surface area contributed by atoms with E-state index in [0.29, 0.717) is 0 Å². The number of alkyl halides is 8. The van der Waals surface area contributed by atoms with Crippen LogP contribution in [0.2, 0.25) is 0 Å². The van der Waals surface area contributed by atoms with E-state index >= 15 is 0 Å². The highest BCUT2D eigenvalue weighted by atomic mass is 19.3. The summed E-state index contributed by atoms with van der Waals surface area (Å²) in [6, 6.07) is 0.0244. The Labute approximate surface area is 96.2 Å². The zero-order chi connectivity index (χ0) is 14.0. The van der Waals surface area contributed by atoms with Gasteiger partial charge in [-0.3, -0.25) is 0 Å². The van der Waals surface area contributed by atoms with Crippen molar-refractivity contribution in [2.24, 2.45) is 0 Å². The van der Waals surface area contributed by atoms with Crippen molar-refractivity contribution in [2.45, 2.75) is 25.7 Å². The Balaban J connectivity index is 3.50. The summed E-state index contributed by atoms with van der Waals surface area (Å²) < 4.78 is 99.2. The highest BCUT2D eigenvalue weighted by Gasteiger charge is 2.27. The van der Waals surface area contributed by atoms with E-state index in [1.807, 2.05) is 0 Å². The molecule has 0 saturated heterocycles. The topological polar surface area (TPSA) is 0 Å². The van der Waals surface area contributed by atoms with Crippen molar-refractivity contribution in [2.75, 3.05) is 0 Å². The SMILES string of the molecule is FC(F)c1cc(C(F)F)c(C(F)F)cc1C(F)F. The van der Waals surface area contributed by atoms with E-state index in [9.17, 15) is 35.1 Å². The molecule has 0 nitrogen and oxygen atoms in total. The number of hydrogen-bond donors (Lipinski definition) is 0. The molecule has 0 fully saturated rings. The summed E-state index contributed by atoms with van der Waals surface area (Å²) in [6.45, 7) is 0. The Kier molecular flexibility index (Phi) is 4.53. The van der Waals surface area contributed by atoms with E-state index in [1.165, 1.54) is 0 Å². The van der Waals surface area contributed by atoms with Gasteiger partial charge in [0.15, 0.2) is 0 Å². The van der Waals surface area contributed by atoms with Crippen molar-refractivity contribution in [1.82, 2.24) is 0 Å². The molecule has 1 rings (SSSR count). The second-order valence-corrected chi connectivity index (χ2v) is 3.31. The van der Waals surface area contributed by atoms with Crippen LogP contribution in [0.25, 0.3) is 0 Å². The zero-order valence-corrected chi connectivity index (χ0v) is 8.49. The molecule has 0 bridgehead atoms. The summed E-state index contributed by atoms with van der Waals surface area (Å²) in [6.07, 6.45) is -13.8. The van der Waals surface area contributed by atoms with Crippen LogP contribution in [0.15, 0.2) is 12.1 Å². The van der Waals surface area contributed by atoms with Gasteiger partial charge in [0.1, 0.15) is 0 Å². The Bertz CT molecular complexity index is 338. The summed E-state index contributed by atoms with van der Waals surface area (Å²) in [4.78, 5) is 0. The summed E-state index contributed by atoms with van der Waals surface area (Å²) in [5.41, 5.74) is -5.43. The van der Waals surface area contributed by atoms with Gasteiger partial charge in [-0.1, -0.05) is 0 Å².